The summed E-state index contributed by atoms with van der Waals surface area (Å²) in [5, 5.41) is 3.20. The van der Waals surface area contributed by atoms with Crippen LogP contribution in [-0.2, 0) is 16.1 Å². The van der Waals surface area contributed by atoms with E-state index in [-0.39, 0.29) is 17.9 Å². The van der Waals surface area contributed by atoms with E-state index >= 15 is 0 Å². The van der Waals surface area contributed by atoms with E-state index in [2.05, 4.69) is 5.32 Å². The van der Waals surface area contributed by atoms with Gasteiger partial charge in [-0.25, -0.2) is 0 Å². The van der Waals surface area contributed by atoms with E-state index in [0.717, 1.165) is 5.56 Å². The lowest BCUT2D eigenvalue weighted by Crippen LogP contribution is -2.41. The van der Waals surface area contributed by atoms with Gasteiger partial charge in [0.25, 0.3) is 0 Å². The summed E-state index contributed by atoms with van der Waals surface area (Å²) in [7, 11) is 4.60. The normalized spacial score (nSPS) is 12.1. The summed E-state index contributed by atoms with van der Waals surface area (Å²) < 4.78 is 15.2. The predicted molar refractivity (Wildman–Crippen MR) is 77.0 cm³/mol. The Bertz CT molecular complexity index is 445. The standard InChI is InChI=1S/C15H23NO4/c1-10(2)14(15(17)20-5)16-9-11-6-7-12(18-3)13(8-11)19-4/h6-8,10,14,16H,9H2,1-5H3. The maximum Gasteiger partial charge on any atom is 0.323 e. The van der Waals surface area contributed by atoms with E-state index in [0.29, 0.717) is 18.0 Å². The minimum absolute atomic E-state index is 0.155. The van der Waals surface area contributed by atoms with Crippen molar-refractivity contribution in [1.29, 1.82) is 0 Å². The fraction of sp³-hybridized carbons (Fsp3) is 0.533. The van der Waals surface area contributed by atoms with Crippen LogP contribution in [0.4, 0.5) is 0 Å². The topological polar surface area (TPSA) is 56.8 Å². The van der Waals surface area contributed by atoms with Crippen molar-refractivity contribution in [3.05, 3.63) is 23.8 Å². The fourth-order valence-electron chi connectivity index (χ4n) is 1.94. The zero-order valence-electron chi connectivity index (χ0n) is 12.7. The summed E-state index contributed by atoms with van der Waals surface area (Å²) in [6.45, 7) is 4.50. The van der Waals surface area contributed by atoms with Crippen molar-refractivity contribution in [2.45, 2.75) is 26.4 Å². The van der Waals surface area contributed by atoms with Gasteiger partial charge in [0.05, 0.1) is 21.3 Å². The van der Waals surface area contributed by atoms with Gasteiger partial charge in [0.2, 0.25) is 0 Å². The average molecular weight is 281 g/mol. The Morgan fingerprint density at radius 1 is 1.15 bits per heavy atom. The van der Waals surface area contributed by atoms with Crippen molar-refractivity contribution in [3.8, 4) is 11.5 Å². The molecule has 0 aliphatic carbocycles. The molecule has 1 rings (SSSR count). The van der Waals surface area contributed by atoms with Crippen LogP contribution in [0.25, 0.3) is 0 Å². The molecule has 1 aromatic carbocycles. The van der Waals surface area contributed by atoms with Gasteiger partial charge < -0.3 is 19.5 Å². The smallest absolute Gasteiger partial charge is 0.323 e. The molecule has 0 aliphatic rings. The van der Waals surface area contributed by atoms with Crippen molar-refractivity contribution in [1.82, 2.24) is 5.32 Å². The average Bonchev–Trinajstić information content (AvgIpc) is 2.46. The summed E-state index contributed by atoms with van der Waals surface area (Å²) in [6, 6.07) is 5.34. The number of rotatable bonds is 7. The van der Waals surface area contributed by atoms with Crippen molar-refractivity contribution in [2.75, 3.05) is 21.3 Å². The molecule has 0 fully saturated rings. The zero-order chi connectivity index (χ0) is 15.1. The third-order valence-electron chi connectivity index (χ3n) is 3.10. The molecule has 0 spiro atoms. The Labute approximate surface area is 120 Å². The van der Waals surface area contributed by atoms with E-state index in [1.54, 1.807) is 14.2 Å². The van der Waals surface area contributed by atoms with Gasteiger partial charge in [-0.05, 0) is 23.6 Å². The minimum Gasteiger partial charge on any atom is -0.493 e. The predicted octanol–water partition coefficient (Wildman–Crippen LogP) is 1.99. The number of carbonyl (C=O) groups is 1. The van der Waals surface area contributed by atoms with Crippen LogP contribution in [0, 0.1) is 5.92 Å². The van der Waals surface area contributed by atoms with Crippen LogP contribution < -0.4 is 14.8 Å². The lowest BCUT2D eigenvalue weighted by atomic mass is 10.0. The van der Waals surface area contributed by atoms with Crippen molar-refractivity contribution in [3.63, 3.8) is 0 Å². The fourth-order valence-corrected chi connectivity index (χ4v) is 1.94. The van der Waals surface area contributed by atoms with Crippen LogP contribution in [0.2, 0.25) is 0 Å². The largest absolute Gasteiger partial charge is 0.493 e. The van der Waals surface area contributed by atoms with E-state index in [1.165, 1.54) is 7.11 Å². The lowest BCUT2D eigenvalue weighted by Gasteiger charge is -2.20. The van der Waals surface area contributed by atoms with Crippen LogP contribution in [0.5, 0.6) is 11.5 Å². The highest BCUT2D eigenvalue weighted by molar-refractivity contribution is 5.75. The maximum absolute atomic E-state index is 11.7. The molecule has 0 heterocycles. The Morgan fingerprint density at radius 3 is 2.30 bits per heavy atom. The first-order chi connectivity index (χ1) is 9.53. The van der Waals surface area contributed by atoms with Crippen LogP contribution in [0.3, 0.4) is 0 Å². The van der Waals surface area contributed by atoms with Crippen LogP contribution >= 0.6 is 0 Å². The van der Waals surface area contributed by atoms with Gasteiger partial charge in [0.15, 0.2) is 11.5 Å². The highest BCUT2D eigenvalue weighted by Gasteiger charge is 2.22. The van der Waals surface area contributed by atoms with Crippen molar-refractivity contribution >= 4 is 5.97 Å². The number of nitrogens with one attached hydrogen (secondary N) is 1. The van der Waals surface area contributed by atoms with E-state index < -0.39 is 0 Å². The zero-order valence-corrected chi connectivity index (χ0v) is 12.7. The summed E-state index contributed by atoms with van der Waals surface area (Å²) in [5.41, 5.74) is 1.01. The van der Waals surface area contributed by atoms with E-state index in [4.69, 9.17) is 14.2 Å². The van der Waals surface area contributed by atoms with Gasteiger partial charge in [-0.2, -0.15) is 0 Å². The molecule has 0 aliphatic heterocycles. The second-order valence-electron chi connectivity index (χ2n) is 4.82. The van der Waals surface area contributed by atoms with E-state index in [1.807, 2.05) is 32.0 Å². The Hall–Kier alpha value is -1.75. The molecule has 0 saturated carbocycles. The third-order valence-corrected chi connectivity index (χ3v) is 3.10. The maximum atomic E-state index is 11.7. The molecule has 20 heavy (non-hydrogen) atoms. The molecule has 5 heteroatoms. The first kappa shape index (κ1) is 16.3. The number of hydrogen-bond donors (Lipinski definition) is 1. The molecule has 1 unspecified atom stereocenters. The second-order valence-corrected chi connectivity index (χ2v) is 4.82. The molecule has 0 radical (unpaired) electrons. The second kappa shape index (κ2) is 7.75. The number of carbonyl (C=O) groups excluding carboxylic acids is 1. The van der Waals surface area contributed by atoms with Crippen molar-refractivity contribution in [2.24, 2.45) is 5.92 Å². The van der Waals surface area contributed by atoms with Crippen LogP contribution in [-0.4, -0.2) is 33.3 Å². The van der Waals surface area contributed by atoms with Crippen LogP contribution in [0.15, 0.2) is 18.2 Å². The Balaban J connectivity index is 2.75. The molecule has 0 saturated heterocycles. The minimum atomic E-state index is -0.326. The van der Waals surface area contributed by atoms with Gasteiger partial charge in [-0.1, -0.05) is 19.9 Å². The Kier molecular flexibility index (Phi) is 6.31. The summed E-state index contributed by atoms with van der Waals surface area (Å²) >= 11 is 0. The number of benzene rings is 1. The van der Waals surface area contributed by atoms with E-state index in [9.17, 15) is 4.79 Å². The molecule has 1 atom stereocenters. The molecule has 0 aromatic heterocycles. The first-order valence-corrected chi connectivity index (χ1v) is 6.55. The molecule has 112 valence electrons. The third kappa shape index (κ3) is 4.13. The number of ether oxygens (including phenoxy) is 3. The molecule has 1 aromatic rings. The van der Waals surface area contributed by atoms with Gasteiger partial charge >= 0.3 is 5.97 Å². The summed E-state index contributed by atoms with van der Waals surface area (Å²) in [5.74, 6) is 1.26. The number of esters is 1. The van der Waals surface area contributed by atoms with Crippen LogP contribution in [0.1, 0.15) is 19.4 Å². The molecule has 5 nitrogen and oxygen atoms in total. The first-order valence-electron chi connectivity index (χ1n) is 6.55. The van der Waals surface area contributed by atoms with Gasteiger partial charge in [0, 0.05) is 6.54 Å². The molecule has 1 N–H and O–H groups in total. The Morgan fingerprint density at radius 2 is 1.80 bits per heavy atom. The van der Waals surface area contributed by atoms with Gasteiger partial charge in [0.1, 0.15) is 6.04 Å². The molecule has 0 bridgehead atoms. The monoisotopic (exact) mass is 281 g/mol. The molecular formula is C15H23NO4. The van der Waals surface area contributed by atoms with Gasteiger partial charge in [-0.3, -0.25) is 4.79 Å². The summed E-state index contributed by atoms with van der Waals surface area (Å²) in [4.78, 5) is 11.7. The van der Waals surface area contributed by atoms with Crippen molar-refractivity contribution < 1.29 is 19.0 Å². The highest BCUT2D eigenvalue weighted by atomic mass is 16.5. The number of methoxy groups -OCH3 is 3. The molecule has 0 amide bonds. The molecular weight excluding hydrogens is 258 g/mol. The number of hydrogen-bond acceptors (Lipinski definition) is 5. The highest BCUT2D eigenvalue weighted by Crippen LogP contribution is 2.27. The summed E-state index contributed by atoms with van der Waals surface area (Å²) in [6.07, 6.45) is 0. The lowest BCUT2D eigenvalue weighted by molar-refractivity contribution is -0.144. The SMILES string of the molecule is COC(=O)C(NCc1ccc(OC)c(OC)c1)C(C)C. The quantitative estimate of drug-likeness (QED) is 0.775. The van der Waals surface area contributed by atoms with Gasteiger partial charge in [-0.15, -0.1) is 0 Å².